The summed E-state index contributed by atoms with van der Waals surface area (Å²) >= 11 is 2.92. The van der Waals surface area contributed by atoms with E-state index in [1.165, 1.54) is 0 Å². The van der Waals surface area contributed by atoms with Crippen LogP contribution in [-0.4, -0.2) is 16.8 Å². The second kappa shape index (κ2) is 4.40. The molecule has 2 N–H and O–H groups in total. The first-order chi connectivity index (χ1) is 6.86. The molecular weight excluding hydrogens is 277 g/mol. The van der Waals surface area contributed by atoms with Crippen LogP contribution in [0.4, 0.5) is 13.2 Å². The quantitative estimate of drug-likeness (QED) is 0.877. The molecular formula is C9H8BrF3O2. The Hall–Kier alpha value is -0.750. The highest BCUT2D eigenvalue weighted by atomic mass is 79.9. The van der Waals surface area contributed by atoms with E-state index in [-0.39, 0.29) is 23.1 Å². The van der Waals surface area contributed by atoms with Gasteiger partial charge in [0.05, 0.1) is 10.0 Å². The van der Waals surface area contributed by atoms with Gasteiger partial charge in [-0.15, -0.1) is 0 Å². The number of rotatable bonds is 2. The normalized spacial score (nSPS) is 11.8. The van der Waals surface area contributed by atoms with Crippen molar-refractivity contribution >= 4 is 15.9 Å². The Kier molecular flexibility index (Phi) is 3.62. The van der Waals surface area contributed by atoms with Gasteiger partial charge in [0.2, 0.25) is 0 Å². The van der Waals surface area contributed by atoms with Gasteiger partial charge in [0.25, 0.3) is 0 Å². The number of halogens is 4. The smallest absolute Gasteiger partial charge is 0.416 e. The molecule has 0 fully saturated rings. The molecule has 2 nitrogen and oxygen atoms in total. The molecule has 6 heteroatoms. The molecule has 0 aromatic heterocycles. The van der Waals surface area contributed by atoms with Crippen LogP contribution in [0.3, 0.4) is 0 Å². The van der Waals surface area contributed by atoms with Crippen LogP contribution in [0.1, 0.15) is 11.1 Å². The minimum atomic E-state index is -4.53. The minimum Gasteiger partial charge on any atom is -0.507 e. The van der Waals surface area contributed by atoms with E-state index in [0.29, 0.717) is 6.07 Å². The van der Waals surface area contributed by atoms with E-state index in [1.54, 1.807) is 0 Å². The monoisotopic (exact) mass is 284 g/mol. The number of benzene rings is 1. The molecule has 0 aliphatic heterocycles. The summed E-state index contributed by atoms with van der Waals surface area (Å²) in [7, 11) is 0. The molecule has 15 heavy (non-hydrogen) atoms. The van der Waals surface area contributed by atoms with Gasteiger partial charge < -0.3 is 10.2 Å². The maximum Gasteiger partial charge on any atom is 0.416 e. The average molecular weight is 285 g/mol. The van der Waals surface area contributed by atoms with E-state index in [0.717, 1.165) is 6.07 Å². The number of phenolic OH excluding ortho intramolecular Hbond substituents is 1. The van der Waals surface area contributed by atoms with Crippen LogP contribution in [0.2, 0.25) is 0 Å². The molecule has 0 aliphatic rings. The van der Waals surface area contributed by atoms with Gasteiger partial charge in [0.1, 0.15) is 5.75 Å². The molecule has 0 radical (unpaired) electrons. The van der Waals surface area contributed by atoms with Crippen LogP contribution in [0.15, 0.2) is 16.6 Å². The van der Waals surface area contributed by atoms with Crippen molar-refractivity contribution < 1.29 is 23.4 Å². The van der Waals surface area contributed by atoms with Crippen LogP contribution in [0.25, 0.3) is 0 Å². The van der Waals surface area contributed by atoms with Crippen molar-refractivity contribution in [3.05, 3.63) is 27.7 Å². The lowest BCUT2D eigenvalue weighted by molar-refractivity contribution is -0.138. The highest BCUT2D eigenvalue weighted by Gasteiger charge is 2.33. The van der Waals surface area contributed by atoms with E-state index < -0.39 is 17.5 Å². The molecule has 0 heterocycles. The lowest BCUT2D eigenvalue weighted by Gasteiger charge is -2.13. The van der Waals surface area contributed by atoms with Gasteiger partial charge in [-0.2, -0.15) is 13.2 Å². The third-order valence-corrected chi connectivity index (χ3v) is 2.49. The van der Waals surface area contributed by atoms with Crippen LogP contribution in [-0.2, 0) is 12.6 Å². The van der Waals surface area contributed by atoms with Crippen LogP contribution in [0, 0.1) is 0 Å². The van der Waals surface area contributed by atoms with Crippen molar-refractivity contribution in [2.45, 2.75) is 12.6 Å². The van der Waals surface area contributed by atoms with Crippen LogP contribution >= 0.6 is 15.9 Å². The molecule has 0 saturated carbocycles. The summed E-state index contributed by atoms with van der Waals surface area (Å²) in [5, 5.41) is 17.8. The predicted molar refractivity (Wildman–Crippen MR) is 51.6 cm³/mol. The van der Waals surface area contributed by atoms with E-state index in [1.807, 2.05) is 0 Å². The molecule has 0 amide bonds. The Morgan fingerprint density at radius 2 is 1.87 bits per heavy atom. The number of alkyl halides is 3. The largest absolute Gasteiger partial charge is 0.507 e. The highest BCUT2D eigenvalue weighted by Crippen LogP contribution is 2.37. The number of hydrogen-bond acceptors (Lipinski definition) is 2. The number of aliphatic hydroxyl groups is 1. The number of aliphatic hydroxyl groups excluding tert-OH is 1. The summed E-state index contributed by atoms with van der Waals surface area (Å²) in [4.78, 5) is 0. The Labute approximate surface area is 92.5 Å². The summed E-state index contributed by atoms with van der Waals surface area (Å²) in [5.74, 6) is -0.469. The summed E-state index contributed by atoms with van der Waals surface area (Å²) in [6, 6.07) is 1.81. The Bertz CT molecular complexity index is 363. The second-order valence-corrected chi connectivity index (χ2v) is 3.79. The fraction of sp³-hybridized carbons (Fsp3) is 0.333. The summed E-state index contributed by atoms with van der Waals surface area (Å²) in [6.07, 6.45) is -4.63. The average Bonchev–Trinajstić information content (AvgIpc) is 2.09. The van der Waals surface area contributed by atoms with Crippen molar-refractivity contribution in [1.29, 1.82) is 0 Å². The van der Waals surface area contributed by atoms with E-state index in [2.05, 4.69) is 15.9 Å². The second-order valence-electron chi connectivity index (χ2n) is 2.93. The molecule has 0 saturated heterocycles. The fourth-order valence-corrected chi connectivity index (χ4v) is 1.58. The molecule has 84 valence electrons. The molecule has 0 spiro atoms. The van der Waals surface area contributed by atoms with Gasteiger partial charge in [-0.05, 0) is 40.0 Å². The molecule has 1 rings (SSSR count). The molecule has 0 unspecified atom stereocenters. The molecule has 0 aliphatic carbocycles. The number of aromatic hydroxyl groups is 1. The lowest BCUT2D eigenvalue weighted by atomic mass is 10.0. The van der Waals surface area contributed by atoms with Gasteiger partial charge in [0.15, 0.2) is 0 Å². The van der Waals surface area contributed by atoms with Gasteiger partial charge >= 0.3 is 6.18 Å². The predicted octanol–water partition coefficient (Wildman–Crippen LogP) is 2.71. The van der Waals surface area contributed by atoms with Crippen LogP contribution in [0.5, 0.6) is 5.75 Å². The van der Waals surface area contributed by atoms with E-state index in [9.17, 15) is 13.2 Å². The maximum absolute atomic E-state index is 12.5. The first-order valence-electron chi connectivity index (χ1n) is 4.05. The molecule has 1 aromatic rings. The Morgan fingerprint density at radius 1 is 1.27 bits per heavy atom. The Morgan fingerprint density at radius 3 is 2.33 bits per heavy atom. The topological polar surface area (TPSA) is 40.5 Å². The van der Waals surface area contributed by atoms with Crippen molar-refractivity contribution in [3.63, 3.8) is 0 Å². The van der Waals surface area contributed by atoms with Crippen molar-refractivity contribution in [3.8, 4) is 5.75 Å². The lowest BCUT2D eigenvalue weighted by Crippen LogP contribution is -2.10. The third-order valence-electron chi connectivity index (χ3n) is 1.86. The molecule has 0 atom stereocenters. The maximum atomic E-state index is 12.5. The highest BCUT2D eigenvalue weighted by molar-refractivity contribution is 9.10. The molecule has 1 aromatic carbocycles. The van der Waals surface area contributed by atoms with Crippen molar-refractivity contribution in [1.82, 2.24) is 0 Å². The Balaban J connectivity index is 3.28. The SMILES string of the molecule is OCCc1cc(Br)c(O)cc1C(F)(F)F. The minimum absolute atomic E-state index is 0.0466. The zero-order valence-corrected chi connectivity index (χ0v) is 9.06. The van der Waals surface area contributed by atoms with E-state index in [4.69, 9.17) is 10.2 Å². The molecule has 0 bridgehead atoms. The summed E-state index contributed by atoms with van der Waals surface area (Å²) in [6.45, 7) is -0.375. The number of phenols is 1. The van der Waals surface area contributed by atoms with E-state index >= 15 is 0 Å². The number of hydrogen-bond donors (Lipinski definition) is 2. The van der Waals surface area contributed by atoms with Crippen molar-refractivity contribution in [2.24, 2.45) is 0 Å². The third kappa shape index (κ3) is 2.85. The van der Waals surface area contributed by atoms with Gasteiger partial charge in [-0.25, -0.2) is 0 Å². The zero-order valence-electron chi connectivity index (χ0n) is 7.48. The van der Waals surface area contributed by atoms with Crippen LogP contribution < -0.4 is 0 Å². The summed E-state index contributed by atoms with van der Waals surface area (Å²) < 4.78 is 37.6. The van der Waals surface area contributed by atoms with Crippen molar-refractivity contribution in [2.75, 3.05) is 6.61 Å². The fourth-order valence-electron chi connectivity index (χ4n) is 1.19. The zero-order chi connectivity index (χ0) is 11.6. The first-order valence-corrected chi connectivity index (χ1v) is 4.85. The van der Waals surface area contributed by atoms with Gasteiger partial charge in [-0.1, -0.05) is 0 Å². The van der Waals surface area contributed by atoms with Gasteiger partial charge in [-0.3, -0.25) is 0 Å². The summed E-state index contributed by atoms with van der Waals surface area (Å²) in [5.41, 5.74) is -0.966. The van der Waals surface area contributed by atoms with Gasteiger partial charge in [0, 0.05) is 6.61 Å². The first kappa shape index (κ1) is 12.3. The standard InChI is InChI=1S/C9H8BrF3O2/c10-7-3-5(1-2-14)6(4-8(7)15)9(11,12)13/h3-4,14-15H,1-2H2.